The van der Waals surface area contributed by atoms with Gasteiger partial charge in [-0.2, -0.15) is 26.3 Å². The van der Waals surface area contributed by atoms with Crippen LogP contribution in [0.2, 0.25) is 0 Å². The number of rotatable bonds is 2. The Morgan fingerprint density at radius 3 is 1.29 bits per heavy atom. The van der Waals surface area contributed by atoms with Crippen LogP contribution in [0, 0.1) is 0 Å². The third kappa shape index (κ3) is 5.54. The van der Waals surface area contributed by atoms with E-state index in [1.165, 1.54) is 0 Å². The first-order valence-corrected chi connectivity index (χ1v) is 4.69. The smallest absolute Gasteiger partial charge is 0.354 e. The van der Waals surface area contributed by atoms with Crippen LogP contribution in [0.1, 0.15) is 0 Å². The van der Waals surface area contributed by atoms with Crippen LogP contribution in [0.5, 0.6) is 0 Å². The predicted octanol–water partition coefficient (Wildman–Crippen LogP) is 1.30. The highest BCUT2D eigenvalue weighted by atomic mass is 31.2. The maximum Gasteiger partial charge on any atom is 0.589 e. The Balaban J connectivity index is 4.68. The Kier molecular flexibility index (Phi) is 4.18. The summed E-state index contributed by atoms with van der Waals surface area (Å²) in [6.45, 7) is 0. The summed E-state index contributed by atoms with van der Waals surface area (Å²) in [5.74, 6) is -6.56. The maximum atomic E-state index is 11.5. The van der Waals surface area contributed by atoms with Gasteiger partial charge in [-0.05, 0) is 0 Å². The molecule has 0 aromatic rings. The van der Waals surface area contributed by atoms with Gasteiger partial charge in [-0.3, -0.25) is 4.89 Å². The van der Waals surface area contributed by atoms with E-state index < -0.39 is 32.1 Å². The molecule has 17 heavy (non-hydrogen) atoms. The zero-order chi connectivity index (χ0) is 14.1. The van der Waals surface area contributed by atoms with Gasteiger partial charge >= 0.3 is 32.1 Å². The standard InChI is InChI=1S/C4HF6O6P/c5-3(6,7)1(11)15-17(13,14)16-2(12)4(8,9)10/h(H,13,14). The maximum absolute atomic E-state index is 11.5. The van der Waals surface area contributed by atoms with Crippen LogP contribution < -0.4 is 0 Å². The van der Waals surface area contributed by atoms with E-state index in [1.807, 2.05) is 0 Å². The topological polar surface area (TPSA) is 89.9 Å². The van der Waals surface area contributed by atoms with Crippen molar-refractivity contribution < 1.29 is 54.4 Å². The van der Waals surface area contributed by atoms with Gasteiger partial charge in [0.1, 0.15) is 0 Å². The predicted molar refractivity (Wildman–Crippen MR) is 34.1 cm³/mol. The second-order valence-electron chi connectivity index (χ2n) is 2.22. The van der Waals surface area contributed by atoms with Gasteiger partial charge in [-0.1, -0.05) is 0 Å². The van der Waals surface area contributed by atoms with Crippen LogP contribution in [0.15, 0.2) is 0 Å². The number of halogens is 6. The number of carbonyl (C=O) groups excluding carboxylic acids is 2. The van der Waals surface area contributed by atoms with Crippen LogP contribution in [0.4, 0.5) is 26.3 Å². The van der Waals surface area contributed by atoms with Crippen molar-refractivity contribution in [3.05, 3.63) is 0 Å². The summed E-state index contributed by atoms with van der Waals surface area (Å²) in [7, 11) is -6.14. The van der Waals surface area contributed by atoms with Gasteiger partial charge in [-0.15, -0.1) is 0 Å². The fraction of sp³-hybridized carbons (Fsp3) is 0.500. The fourth-order valence-electron chi connectivity index (χ4n) is 0.332. The molecule has 0 aromatic heterocycles. The Morgan fingerprint density at radius 2 is 1.12 bits per heavy atom. The minimum Gasteiger partial charge on any atom is -0.354 e. The van der Waals surface area contributed by atoms with Crippen molar-refractivity contribution in [3.63, 3.8) is 0 Å². The Labute approximate surface area is 87.7 Å². The van der Waals surface area contributed by atoms with Gasteiger partial charge in [0.25, 0.3) is 0 Å². The molecule has 1 N–H and O–H groups in total. The van der Waals surface area contributed by atoms with Crippen LogP contribution in [-0.4, -0.2) is 29.2 Å². The highest BCUT2D eigenvalue weighted by Crippen LogP contribution is 2.46. The first kappa shape index (κ1) is 15.7. The van der Waals surface area contributed by atoms with E-state index in [9.17, 15) is 40.5 Å². The molecule has 0 unspecified atom stereocenters. The molecule has 0 aliphatic heterocycles. The molecule has 0 rings (SSSR count). The lowest BCUT2D eigenvalue weighted by molar-refractivity contribution is -0.197. The summed E-state index contributed by atoms with van der Waals surface area (Å²) in [5.41, 5.74) is 0. The second kappa shape index (κ2) is 4.53. The number of hydrogen-bond acceptors (Lipinski definition) is 5. The van der Waals surface area contributed by atoms with Crippen LogP contribution >= 0.6 is 7.82 Å². The first-order chi connectivity index (χ1) is 7.26. The average molecular weight is 290 g/mol. The van der Waals surface area contributed by atoms with Crippen molar-refractivity contribution in [1.29, 1.82) is 0 Å². The highest BCUT2D eigenvalue weighted by molar-refractivity contribution is 7.48. The first-order valence-electron chi connectivity index (χ1n) is 3.20. The molecule has 13 heteroatoms. The van der Waals surface area contributed by atoms with Crippen molar-refractivity contribution in [2.45, 2.75) is 12.4 Å². The molecule has 0 saturated carbocycles. The van der Waals surface area contributed by atoms with E-state index in [0.717, 1.165) is 0 Å². The largest absolute Gasteiger partial charge is 0.589 e. The molecule has 0 aliphatic rings. The summed E-state index contributed by atoms with van der Waals surface area (Å²) in [4.78, 5) is 28.2. The molecule has 0 saturated heterocycles. The van der Waals surface area contributed by atoms with Crippen LogP contribution in [-0.2, 0) is 23.2 Å². The van der Waals surface area contributed by atoms with Crippen molar-refractivity contribution in [2.24, 2.45) is 0 Å². The molecule has 0 bridgehead atoms. The monoisotopic (exact) mass is 290 g/mol. The van der Waals surface area contributed by atoms with E-state index in [0.29, 0.717) is 0 Å². The lowest BCUT2D eigenvalue weighted by Crippen LogP contribution is -2.28. The normalized spacial score (nSPS) is 13.1. The zero-order valence-corrected chi connectivity index (χ0v) is 8.10. The van der Waals surface area contributed by atoms with Gasteiger partial charge < -0.3 is 9.05 Å². The molecule has 0 atom stereocenters. The SMILES string of the molecule is O=C(OP(=O)(O)OC(=O)C(F)(F)F)C(F)(F)F. The molecular weight excluding hydrogens is 289 g/mol. The fourth-order valence-corrected chi connectivity index (χ4v) is 0.995. The van der Waals surface area contributed by atoms with Crippen molar-refractivity contribution >= 4 is 19.8 Å². The van der Waals surface area contributed by atoms with Crippen LogP contribution in [0.3, 0.4) is 0 Å². The van der Waals surface area contributed by atoms with Gasteiger partial charge in [0.15, 0.2) is 0 Å². The summed E-state index contributed by atoms with van der Waals surface area (Å²) in [6, 6.07) is 0. The summed E-state index contributed by atoms with van der Waals surface area (Å²) in [5, 5.41) is 0. The Morgan fingerprint density at radius 1 is 0.882 bits per heavy atom. The van der Waals surface area contributed by atoms with E-state index in [1.54, 1.807) is 0 Å². The number of phosphoric acid groups is 1. The molecule has 0 spiro atoms. The number of alkyl halides is 6. The van der Waals surface area contributed by atoms with E-state index in [2.05, 4.69) is 9.05 Å². The average Bonchev–Trinajstić information content (AvgIpc) is 1.97. The highest BCUT2D eigenvalue weighted by Gasteiger charge is 2.50. The lowest BCUT2D eigenvalue weighted by Gasteiger charge is -2.13. The van der Waals surface area contributed by atoms with Gasteiger partial charge in [-0.25, -0.2) is 14.2 Å². The molecule has 0 aromatic carbocycles. The zero-order valence-electron chi connectivity index (χ0n) is 7.20. The minimum atomic E-state index is -6.14. The van der Waals surface area contributed by atoms with E-state index in [-0.39, 0.29) is 0 Å². The van der Waals surface area contributed by atoms with E-state index in [4.69, 9.17) is 4.89 Å². The second-order valence-corrected chi connectivity index (χ2v) is 3.52. The number of hydrogen-bond donors (Lipinski definition) is 1. The molecule has 0 radical (unpaired) electrons. The Hall–Kier alpha value is -1.29. The molecule has 0 heterocycles. The summed E-state index contributed by atoms with van der Waals surface area (Å²) < 4.78 is 84.6. The summed E-state index contributed by atoms with van der Waals surface area (Å²) in [6.07, 6.45) is -11.5. The molecule has 0 aliphatic carbocycles. The molecule has 0 fully saturated rings. The quantitative estimate of drug-likeness (QED) is 0.609. The third-order valence-electron chi connectivity index (χ3n) is 0.859. The Bertz CT molecular complexity index is 338. The minimum absolute atomic E-state index is 2.67. The number of phosphoric ester groups is 1. The number of carbonyl (C=O) groups is 2. The van der Waals surface area contributed by atoms with Gasteiger partial charge in [0.05, 0.1) is 0 Å². The van der Waals surface area contributed by atoms with E-state index >= 15 is 0 Å². The van der Waals surface area contributed by atoms with Crippen LogP contribution in [0.25, 0.3) is 0 Å². The van der Waals surface area contributed by atoms with Crippen molar-refractivity contribution in [1.82, 2.24) is 0 Å². The van der Waals surface area contributed by atoms with Gasteiger partial charge in [0.2, 0.25) is 0 Å². The summed E-state index contributed by atoms with van der Waals surface area (Å²) >= 11 is 0. The van der Waals surface area contributed by atoms with Crippen molar-refractivity contribution in [2.75, 3.05) is 0 Å². The molecule has 0 amide bonds. The molecule has 100 valence electrons. The third-order valence-corrected chi connectivity index (χ3v) is 1.65. The molecular formula is C4HF6O6P. The van der Waals surface area contributed by atoms with Crippen molar-refractivity contribution in [3.8, 4) is 0 Å². The van der Waals surface area contributed by atoms with Gasteiger partial charge in [0, 0.05) is 0 Å². The molecule has 6 nitrogen and oxygen atoms in total. The lowest BCUT2D eigenvalue weighted by atomic mass is 10.7.